The van der Waals surface area contributed by atoms with Crippen molar-refractivity contribution < 1.29 is 0 Å². The lowest BCUT2D eigenvalue weighted by atomic mass is 10.2. The fourth-order valence-corrected chi connectivity index (χ4v) is 2.17. The first-order valence-electron chi connectivity index (χ1n) is 6.74. The van der Waals surface area contributed by atoms with E-state index in [0.29, 0.717) is 0 Å². The molecule has 4 nitrogen and oxygen atoms in total. The number of rotatable bonds is 4. The van der Waals surface area contributed by atoms with Crippen LogP contribution in [0.4, 0.5) is 0 Å². The molecule has 0 atom stereocenters. The van der Waals surface area contributed by atoms with Crippen LogP contribution in [-0.2, 0) is 13.0 Å². The van der Waals surface area contributed by atoms with Gasteiger partial charge in [0.1, 0.15) is 0 Å². The van der Waals surface area contributed by atoms with Crippen LogP contribution in [0.3, 0.4) is 0 Å². The van der Waals surface area contributed by atoms with Crippen molar-refractivity contribution in [2.75, 3.05) is 7.05 Å². The summed E-state index contributed by atoms with van der Waals surface area (Å²) < 4.78 is 1.95. The van der Waals surface area contributed by atoms with Gasteiger partial charge in [-0.2, -0.15) is 5.10 Å². The zero-order valence-corrected chi connectivity index (χ0v) is 12.4. The van der Waals surface area contributed by atoms with E-state index in [1.165, 1.54) is 11.1 Å². The van der Waals surface area contributed by atoms with Gasteiger partial charge in [-0.15, -0.1) is 0 Å². The quantitative estimate of drug-likeness (QED) is 0.916. The summed E-state index contributed by atoms with van der Waals surface area (Å²) in [5.41, 5.74) is 5.81. The molecular weight excluding hydrogens is 236 g/mol. The smallest absolute Gasteiger partial charge is 0.154 e. The topological polar surface area (TPSA) is 42.7 Å². The van der Waals surface area contributed by atoms with Crippen molar-refractivity contribution in [1.82, 2.24) is 20.1 Å². The van der Waals surface area contributed by atoms with Gasteiger partial charge in [-0.3, -0.25) is 0 Å². The maximum absolute atomic E-state index is 4.69. The van der Waals surface area contributed by atoms with E-state index < -0.39 is 0 Å². The summed E-state index contributed by atoms with van der Waals surface area (Å²) in [6, 6.07) is 4.26. The number of pyridine rings is 1. The van der Waals surface area contributed by atoms with Gasteiger partial charge in [0.15, 0.2) is 5.82 Å². The first-order chi connectivity index (χ1) is 9.06. The molecule has 2 aromatic heterocycles. The molecule has 0 bridgehead atoms. The Labute approximate surface area is 114 Å². The van der Waals surface area contributed by atoms with E-state index in [-0.39, 0.29) is 0 Å². The average Bonchev–Trinajstić information content (AvgIpc) is 2.66. The number of aromatic nitrogens is 3. The molecule has 0 aliphatic rings. The maximum Gasteiger partial charge on any atom is 0.154 e. The molecule has 0 saturated carbocycles. The number of hydrogen-bond donors (Lipinski definition) is 1. The summed E-state index contributed by atoms with van der Waals surface area (Å²) in [5, 5.41) is 7.78. The van der Waals surface area contributed by atoms with E-state index in [1.807, 2.05) is 18.7 Å². The molecule has 0 aliphatic heterocycles. The van der Waals surface area contributed by atoms with Crippen LogP contribution in [0, 0.1) is 20.8 Å². The highest BCUT2D eigenvalue weighted by molar-refractivity contribution is 5.35. The van der Waals surface area contributed by atoms with Crippen molar-refractivity contribution in [3.05, 3.63) is 40.3 Å². The maximum atomic E-state index is 4.69. The summed E-state index contributed by atoms with van der Waals surface area (Å²) in [6.07, 6.45) is 0.933. The fourth-order valence-electron chi connectivity index (χ4n) is 2.17. The summed E-state index contributed by atoms with van der Waals surface area (Å²) in [7, 11) is 1.96. The predicted octanol–water partition coefficient (Wildman–Crippen LogP) is 2.47. The minimum atomic E-state index is 0.848. The van der Waals surface area contributed by atoms with Gasteiger partial charge in [0.05, 0.1) is 5.69 Å². The Morgan fingerprint density at radius 3 is 2.47 bits per heavy atom. The molecule has 0 unspecified atom stereocenters. The highest BCUT2D eigenvalue weighted by Crippen LogP contribution is 2.17. The van der Waals surface area contributed by atoms with Gasteiger partial charge in [-0.05, 0) is 57.5 Å². The van der Waals surface area contributed by atoms with E-state index in [4.69, 9.17) is 4.98 Å². The molecular formula is C15H22N4. The van der Waals surface area contributed by atoms with Gasteiger partial charge < -0.3 is 5.32 Å². The Balaban J connectivity index is 2.54. The van der Waals surface area contributed by atoms with Gasteiger partial charge in [-0.1, -0.05) is 6.92 Å². The van der Waals surface area contributed by atoms with Crippen LogP contribution in [0.5, 0.6) is 0 Å². The number of nitrogens with one attached hydrogen (secondary N) is 1. The Morgan fingerprint density at radius 2 is 1.95 bits per heavy atom. The lowest BCUT2D eigenvalue weighted by molar-refractivity contribution is 0.774. The highest BCUT2D eigenvalue weighted by atomic mass is 15.3. The minimum Gasteiger partial charge on any atom is -0.316 e. The molecule has 0 radical (unpaired) electrons. The fraction of sp³-hybridized carbons (Fsp3) is 0.467. The Hall–Kier alpha value is -1.68. The van der Waals surface area contributed by atoms with E-state index in [9.17, 15) is 0 Å². The third-order valence-corrected chi connectivity index (χ3v) is 3.54. The van der Waals surface area contributed by atoms with E-state index in [1.54, 1.807) is 0 Å². The molecule has 4 heteroatoms. The summed E-state index contributed by atoms with van der Waals surface area (Å²) in [4.78, 5) is 4.69. The number of hydrogen-bond acceptors (Lipinski definition) is 3. The molecule has 0 spiro atoms. The summed E-state index contributed by atoms with van der Waals surface area (Å²) in [6.45, 7) is 9.21. The Kier molecular flexibility index (Phi) is 4.00. The molecule has 19 heavy (non-hydrogen) atoms. The number of aryl methyl sites for hydroxylation is 2. The predicted molar refractivity (Wildman–Crippen MR) is 77.7 cm³/mol. The van der Waals surface area contributed by atoms with Crippen molar-refractivity contribution in [1.29, 1.82) is 0 Å². The van der Waals surface area contributed by atoms with Crippen molar-refractivity contribution in [3.63, 3.8) is 0 Å². The van der Waals surface area contributed by atoms with E-state index >= 15 is 0 Å². The second-order valence-corrected chi connectivity index (χ2v) is 4.92. The van der Waals surface area contributed by atoms with Gasteiger partial charge in [0, 0.05) is 17.9 Å². The van der Waals surface area contributed by atoms with Crippen LogP contribution in [0.1, 0.15) is 35.1 Å². The first-order valence-corrected chi connectivity index (χ1v) is 6.74. The monoisotopic (exact) mass is 258 g/mol. The van der Waals surface area contributed by atoms with Crippen LogP contribution >= 0.6 is 0 Å². The lowest BCUT2D eigenvalue weighted by Gasteiger charge is -2.09. The molecule has 0 aliphatic carbocycles. The second kappa shape index (κ2) is 5.53. The highest BCUT2D eigenvalue weighted by Gasteiger charge is 2.11. The van der Waals surface area contributed by atoms with Crippen LogP contribution in [0.2, 0.25) is 0 Å². The largest absolute Gasteiger partial charge is 0.316 e. The van der Waals surface area contributed by atoms with Gasteiger partial charge in [0.25, 0.3) is 0 Å². The molecule has 2 heterocycles. The molecule has 2 aromatic rings. The summed E-state index contributed by atoms with van der Waals surface area (Å²) >= 11 is 0. The van der Waals surface area contributed by atoms with Gasteiger partial charge >= 0.3 is 0 Å². The van der Waals surface area contributed by atoms with Crippen LogP contribution in [0.15, 0.2) is 12.1 Å². The molecule has 1 N–H and O–H groups in total. The molecule has 102 valence electrons. The second-order valence-electron chi connectivity index (χ2n) is 4.92. The van der Waals surface area contributed by atoms with Crippen molar-refractivity contribution in [2.24, 2.45) is 0 Å². The third-order valence-electron chi connectivity index (χ3n) is 3.54. The third kappa shape index (κ3) is 2.68. The van der Waals surface area contributed by atoms with E-state index in [2.05, 4.69) is 43.3 Å². The van der Waals surface area contributed by atoms with Gasteiger partial charge in [-0.25, -0.2) is 9.67 Å². The van der Waals surface area contributed by atoms with Crippen LogP contribution in [-0.4, -0.2) is 21.8 Å². The van der Waals surface area contributed by atoms with Crippen molar-refractivity contribution >= 4 is 0 Å². The number of nitrogens with zero attached hydrogens (tertiary/aromatic N) is 3. The Morgan fingerprint density at radius 1 is 1.21 bits per heavy atom. The van der Waals surface area contributed by atoms with Crippen LogP contribution < -0.4 is 5.32 Å². The normalized spacial score (nSPS) is 11.0. The zero-order valence-electron chi connectivity index (χ0n) is 12.4. The first kappa shape index (κ1) is 13.7. The SMILES string of the molecule is CCc1cc(CNC)cc(-n2nc(C)c(C)c2C)n1. The summed E-state index contributed by atoms with van der Waals surface area (Å²) in [5.74, 6) is 0.915. The zero-order chi connectivity index (χ0) is 14.0. The van der Waals surface area contributed by atoms with E-state index in [0.717, 1.165) is 35.9 Å². The molecule has 0 fully saturated rings. The van der Waals surface area contributed by atoms with Crippen LogP contribution in [0.25, 0.3) is 5.82 Å². The van der Waals surface area contributed by atoms with Crippen molar-refractivity contribution in [2.45, 2.75) is 40.7 Å². The lowest BCUT2D eigenvalue weighted by Crippen LogP contribution is -2.09. The minimum absolute atomic E-state index is 0.848. The average molecular weight is 258 g/mol. The van der Waals surface area contributed by atoms with Crippen molar-refractivity contribution in [3.8, 4) is 5.82 Å². The standard InChI is InChI=1S/C15H22N4/c1-6-14-7-13(9-16-5)8-15(17-14)19-12(4)10(2)11(3)18-19/h7-8,16H,6,9H2,1-5H3. The molecule has 0 amide bonds. The Bertz CT molecular complexity index is 584. The molecule has 0 aromatic carbocycles. The molecule has 0 saturated heterocycles. The molecule has 2 rings (SSSR count). The van der Waals surface area contributed by atoms with Gasteiger partial charge in [0.2, 0.25) is 0 Å².